The fourth-order valence-electron chi connectivity index (χ4n) is 3.09. The predicted octanol–water partition coefficient (Wildman–Crippen LogP) is 3.45. The number of thioether (sulfide) groups is 1. The number of amides is 1. The van der Waals surface area contributed by atoms with E-state index in [1.807, 2.05) is 49.3 Å². The number of benzene rings is 2. The number of carbonyl (C=O) groups excluding carboxylic acids is 2. The van der Waals surface area contributed by atoms with Gasteiger partial charge in [-0.15, -0.1) is 5.10 Å². The van der Waals surface area contributed by atoms with E-state index in [1.165, 1.54) is 17.3 Å². The van der Waals surface area contributed by atoms with Crippen LogP contribution in [-0.4, -0.2) is 64.2 Å². The number of aryl methyl sites for hydroxylation is 1. The maximum absolute atomic E-state index is 13.1. The van der Waals surface area contributed by atoms with Crippen molar-refractivity contribution in [3.63, 3.8) is 0 Å². The Morgan fingerprint density at radius 2 is 1.81 bits per heavy atom. The smallest absolute Gasteiger partial charge is 0.221 e. The number of nitrogens with one attached hydrogen (secondary N) is 2. The molecule has 0 radical (unpaired) electrons. The number of aromatic nitrogens is 3. The van der Waals surface area contributed by atoms with Crippen LogP contribution in [0.25, 0.3) is 11.4 Å². The molecule has 0 fully saturated rings. The molecule has 3 rings (SSSR count). The Morgan fingerprint density at radius 1 is 1.09 bits per heavy atom. The molecule has 32 heavy (non-hydrogen) atoms. The average molecular weight is 452 g/mol. The molecule has 3 aromatic rings. The first-order chi connectivity index (χ1) is 15.5. The lowest BCUT2D eigenvalue weighted by molar-refractivity contribution is -0.120. The van der Waals surface area contributed by atoms with Crippen LogP contribution < -0.4 is 5.32 Å². The number of hydrogen-bond acceptors (Lipinski definition) is 6. The van der Waals surface area contributed by atoms with E-state index in [4.69, 9.17) is 0 Å². The predicted molar refractivity (Wildman–Crippen MR) is 128 cm³/mol. The number of hydrogen-bond donors (Lipinski definition) is 2. The highest BCUT2D eigenvalue weighted by Gasteiger charge is 2.26. The number of rotatable bonds is 11. The largest absolute Gasteiger partial charge is 0.355 e. The first kappa shape index (κ1) is 23.7. The molecule has 0 saturated heterocycles. The Balaban J connectivity index is 1.73. The van der Waals surface area contributed by atoms with Crippen LogP contribution in [-0.2, 0) is 11.2 Å². The zero-order valence-electron chi connectivity index (χ0n) is 18.7. The lowest BCUT2D eigenvalue weighted by Gasteiger charge is -2.15. The Hall–Kier alpha value is -2.97. The van der Waals surface area contributed by atoms with Crippen molar-refractivity contribution >= 4 is 23.5 Å². The molecule has 0 aliphatic carbocycles. The number of Topliss-reactive ketones (excluding diaryl/α,β-unsaturated/α-hetero) is 1. The van der Waals surface area contributed by atoms with Crippen LogP contribution in [0, 0.1) is 0 Å². The summed E-state index contributed by atoms with van der Waals surface area (Å²) >= 11 is 1.21. The molecule has 1 amide bonds. The summed E-state index contributed by atoms with van der Waals surface area (Å²) in [6.45, 7) is 3.37. The Labute approximate surface area is 193 Å². The van der Waals surface area contributed by atoms with E-state index in [0.717, 1.165) is 18.5 Å². The molecular formula is C24H29N5O2S. The molecule has 0 aliphatic heterocycles. The van der Waals surface area contributed by atoms with Gasteiger partial charge >= 0.3 is 0 Å². The summed E-state index contributed by atoms with van der Waals surface area (Å²) in [5, 5.41) is 9.93. The summed E-state index contributed by atoms with van der Waals surface area (Å²) in [6, 6.07) is 17.1. The van der Waals surface area contributed by atoms with Gasteiger partial charge in [0.15, 0.2) is 11.6 Å². The molecule has 0 spiro atoms. The molecule has 0 saturated carbocycles. The standard InChI is InChI=1S/C24H29N5O2S/c1-4-17-10-12-19(13-11-17)23-26-24(28-27-23)32-20(16-21(30)25-14-15-29(2)3)22(31)18-8-6-5-7-9-18/h5-13,20H,4,14-16H2,1-3H3,(H,25,30)(H,26,27,28). The van der Waals surface area contributed by atoms with Crippen LogP contribution in [0.4, 0.5) is 0 Å². The molecule has 1 aromatic heterocycles. The van der Waals surface area contributed by atoms with E-state index < -0.39 is 5.25 Å². The van der Waals surface area contributed by atoms with Gasteiger partial charge in [-0.05, 0) is 26.1 Å². The number of carbonyl (C=O) groups is 2. The molecule has 7 nitrogen and oxygen atoms in total. The van der Waals surface area contributed by atoms with E-state index in [2.05, 4.69) is 39.6 Å². The second kappa shape index (κ2) is 11.6. The number of likely N-dealkylation sites (N-methyl/N-ethyl adjacent to an activating group) is 1. The van der Waals surface area contributed by atoms with Crippen LogP contribution in [0.1, 0.15) is 29.3 Å². The molecule has 0 bridgehead atoms. The normalized spacial score (nSPS) is 12.0. The van der Waals surface area contributed by atoms with Crippen LogP contribution in [0.2, 0.25) is 0 Å². The fourth-order valence-corrected chi connectivity index (χ4v) is 4.06. The Bertz CT molecular complexity index is 1020. The fraction of sp³-hybridized carbons (Fsp3) is 0.333. The molecule has 2 aromatic carbocycles. The second-order valence-corrected chi connectivity index (χ2v) is 8.88. The molecule has 1 heterocycles. The van der Waals surface area contributed by atoms with E-state index >= 15 is 0 Å². The van der Waals surface area contributed by atoms with Gasteiger partial charge in [0.05, 0.1) is 5.25 Å². The van der Waals surface area contributed by atoms with Gasteiger partial charge in [-0.3, -0.25) is 14.7 Å². The minimum absolute atomic E-state index is 0.0564. The first-order valence-electron chi connectivity index (χ1n) is 10.6. The highest BCUT2D eigenvalue weighted by atomic mass is 32.2. The van der Waals surface area contributed by atoms with Crippen LogP contribution in [0.3, 0.4) is 0 Å². The summed E-state index contributed by atoms with van der Waals surface area (Å²) in [5.74, 6) is 0.355. The summed E-state index contributed by atoms with van der Waals surface area (Å²) in [6.07, 6.45) is 1.03. The summed E-state index contributed by atoms with van der Waals surface area (Å²) in [7, 11) is 3.89. The quantitative estimate of drug-likeness (QED) is 0.343. The highest BCUT2D eigenvalue weighted by Crippen LogP contribution is 2.27. The van der Waals surface area contributed by atoms with Gasteiger partial charge < -0.3 is 10.2 Å². The van der Waals surface area contributed by atoms with Gasteiger partial charge in [-0.1, -0.05) is 73.3 Å². The molecule has 1 unspecified atom stereocenters. The number of H-pyrrole nitrogens is 1. The first-order valence-corrected chi connectivity index (χ1v) is 11.5. The van der Waals surface area contributed by atoms with E-state index in [-0.39, 0.29) is 18.1 Å². The van der Waals surface area contributed by atoms with E-state index in [1.54, 1.807) is 12.1 Å². The van der Waals surface area contributed by atoms with Crippen molar-refractivity contribution < 1.29 is 9.59 Å². The van der Waals surface area contributed by atoms with Gasteiger partial charge in [0.2, 0.25) is 11.1 Å². The van der Waals surface area contributed by atoms with Crippen molar-refractivity contribution in [2.75, 3.05) is 27.2 Å². The number of nitrogens with zero attached hydrogens (tertiary/aromatic N) is 3. The summed E-state index contributed by atoms with van der Waals surface area (Å²) in [5.41, 5.74) is 2.74. The van der Waals surface area contributed by atoms with Crippen LogP contribution in [0.5, 0.6) is 0 Å². The van der Waals surface area contributed by atoms with Crippen molar-refractivity contribution in [3.05, 3.63) is 65.7 Å². The van der Waals surface area contributed by atoms with Crippen molar-refractivity contribution in [1.82, 2.24) is 25.4 Å². The Morgan fingerprint density at radius 3 is 2.47 bits per heavy atom. The highest BCUT2D eigenvalue weighted by molar-refractivity contribution is 8.00. The number of aromatic amines is 1. The van der Waals surface area contributed by atoms with Crippen molar-refractivity contribution in [1.29, 1.82) is 0 Å². The summed E-state index contributed by atoms with van der Waals surface area (Å²) in [4.78, 5) is 32.2. The third-order valence-electron chi connectivity index (χ3n) is 4.95. The maximum Gasteiger partial charge on any atom is 0.221 e. The third kappa shape index (κ3) is 6.77. The number of ketones is 1. The topological polar surface area (TPSA) is 91.0 Å². The minimum atomic E-state index is -0.622. The maximum atomic E-state index is 13.1. The van der Waals surface area contributed by atoms with Gasteiger partial charge in [-0.25, -0.2) is 4.98 Å². The van der Waals surface area contributed by atoms with E-state index in [9.17, 15) is 9.59 Å². The van der Waals surface area contributed by atoms with Crippen LogP contribution in [0.15, 0.2) is 59.8 Å². The molecule has 2 N–H and O–H groups in total. The van der Waals surface area contributed by atoms with Crippen molar-refractivity contribution in [3.8, 4) is 11.4 Å². The molecule has 168 valence electrons. The van der Waals surface area contributed by atoms with Gasteiger partial charge in [0.1, 0.15) is 0 Å². The minimum Gasteiger partial charge on any atom is -0.355 e. The van der Waals surface area contributed by atoms with E-state index in [0.29, 0.717) is 23.1 Å². The monoisotopic (exact) mass is 451 g/mol. The average Bonchev–Trinajstić information content (AvgIpc) is 3.27. The SMILES string of the molecule is CCc1ccc(-c2nc(SC(CC(=O)NCCN(C)C)C(=O)c3ccccc3)n[nH]2)cc1. The molecule has 0 aliphatic rings. The van der Waals surface area contributed by atoms with Gasteiger partial charge in [0, 0.05) is 30.6 Å². The molecule has 8 heteroatoms. The third-order valence-corrected chi connectivity index (χ3v) is 6.01. The lowest BCUT2D eigenvalue weighted by atomic mass is 10.1. The lowest BCUT2D eigenvalue weighted by Crippen LogP contribution is -2.34. The summed E-state index contributed by atoms with van der Waals surface area (Å²) < 4.78 is 0. The van der Waals surface area contributed by atoms with Gasteiger partial charge in [0.25, 0.3) is 0 Å². The van der Waals surface area contributed by atoms with Crippen LogP contribution >= 0.6 is 11.8 Å². The van der Waals surface area contributed by atoms with Gasteiger partial charge in [-0.2, -0.15) is 0 Å². The molecular weight excluding hydrogens is 422 g/mol. The second-order valence-electron chi connectivity index (χ2n) is 7.71. The zero-order chi connectivity index (χ0) is 22.9. The van der Waals surface area contributed by atoms with Crippen molar-refractivity contribution in [2.45, 2.75) is 30.2 Å². The molecule has 1 atom stereocenters. The Kier molecular flexibility index (Phi) is 8.58. The van der Waals surface area contributed by atoms with Crippen molar-refractivity contribution in [2.24, 2.45) is 0 Å². The zero-order valence-corrected chi connectivity index (χ0v) is 19.5.